The van der Waals surface area contributed by atoms with Crippen molar-refractivity contribution in [1.29, 1.82) is 0 Å². The molecule has 0 aliphatic carbocycles. The summed E-state index contributed by atoms with van der Waals surface area (Å²) >= 11 is 5.81. The van der Waals surface area contributed by atoms with E-state index in [1.54, 1.807) is 31.3 Å². The molecule has 1 aliphatic rings. The first-order chi connectivity index (χ1) is 8.78. The quantitative estimate of drug-likeness (QED) is 0.847. The molecule has 1 saturated heterocycles. The van der Waals surface area contributed by atoms with Gasteiger partial charge in [0.15, 0.2) is 0 Å². The lowest BCUT2D eigenvalue weighted by Crippen LogP contribution is -2.42. The van der Waals surface area contributed by atoms with E-state index >= 15 is 0 Å². The van der Waals surface area contributed by atoms with E-state index < -0.39 is 16.3 Å². The second kappa shape index (κ2) is 5.09. The number of benzene rings is 1. The van der Waals surface area contributed by atoms with Crippen LogP contribution in [0, 0.1) is 0 Å². The Labute approximate surface area is 116 Å². The number of hydrogen-bond donors (Lipinski definition) is 2. The second-order valence-corrected chi connectivity index (χ2v) is 6.24. The van der Waals surface area contributed by atoms with Gasteiger partial charge in [-0.1, -0.05) is 23.7 Å². The minimum atomic E-state index is -3.86. The molecule has 0 spiro atoms. The molecule has 1 aromatic rings. The number of amides is 1. The molecule has 0 bridgehead atoms. The first-order valence-electron chi connectivity index (χ1n) is 5.59. The van der Waals surface area contributed by atoms with Crippen molar-refractivity contribution in [3.63, 3.8) is 0 Å². The van der Waals surface area contributed by atoms with Gasteiger partial charge in [0.1, 0.15) is 0 Å². The van der Waals surface area contributed by atoms with Crippen molar-refractivity contribution < 1.29 is 13.2 Å². The van der Waals surface area contributed by atoms with Gasteiger partial charge in [-0.25, -0.2) is 5.14 Å². The van der Waals surface area contributed by atoms with Crippen LogP contribution in [0.25, 0.3) is 0 Å². The zero-order valence-electron chi connectivity index (χ0n) is 10.2. The van der Waals surface area contributed by atoms with Crippen LogP contribution < -0.4 is 9.86 Å². The van der Waals surface area contributed by atoms with Gasteiger partial charge in [0.25, 0.3) is 10.2 Å². The first kappa shape index (κ1) is 14.3. The molecule has 8 heteroatoms. The zero-order chi connectivity index (χ0) is 14.2. The maximum absolute atomic E-state index is 11.7. The highest BCUT2D eigenvalue weighted by Gasteiger charge is 2.39. The fraction of sp³-hybridized carbons (Fsp3) is 0.364. The van der Waals surface area contributed by atoms with Crippen LogP contribution in [0.4, 0.5) is 0 Å². The molecule has 0 radical (unpaired) electrons. The van der Waals surface area contributed by atoms with Crippen LogP contribution in [-0.2, 0) is 15.0 Å². The Hall–Kier alpha value is -1.15. The Morgan fingerprint density at radius 2 is 1.95 bits per heavy atom. The van der Waals surface area contributed by atoms with Crippen LogP contribution in [0.1, 0.15) is 18.0 Å². The second-order valence-electron chi connectivity index (χ2n) is 4.47. The number of likely N-dealkylation sites (tertiary alicyclic amines) is 1. The van der Waals surface area contributed by atoms with E-state index in [0.717, 1.165) is 5.56 Å². The third kappa shape index (κ3) is 3.24. The molecule has 2 rings (SSSR count). The molecule has 104 valence electrons. The minimum absolute atomic E-state index is 0.0836. The Balaban J connectivity index is 2.33. The highest BCUT2D eigenvalue weighted by molar-refractivity contribution is 7.87. The third-order valence-electron chi connectivity index (χ3n) is 3.11. The van der Waals surface area contributed by atoms with Crippen molar-refractivity contribution in [2.75, 3.05) is 7.05 Å². The summed E-state index contributed by atoms with van der Waals surface area (Å²) in [7, 11) is -2.23. The predicted octanol–water partition coefficient (Wildman–Crippen LogP) is 0.405. The topological polar surface area (TPSA) is 92.5 Å². The van der Waals surface area contributed by atoms with Crippen molar-refractivity contribution in [2.45, 2.75) is 18.5 Å². The monoisotopic (exact) mass is 303 g/mol. The number of nitrogens with one attached hydrogen (secondary N) is 1. The number of carbonyl (C=O) groups is 1. The fourth-order valence-corrected chi connectivity index (χ4v) is 3.06. The lowest BCUT2D eigenvalue weighted by Gasteiger charge is -2.25. The van der Waals surface area contributed by atoms with Gasteiger partial charge in [0, 0.05) is 18.5 Å². The minimum Gasteiger partial charge on any atom is -0.337 e. The molecule has 2 atom stereocenters. The number of nitrogens with two attached hydrogens (primary N) is 1. The summed E-state index contributed by atoms with van der Waals surface area (Å²) in [6.45, 7) is 0. The van der Waals surface area contributed by atoms with Crippen LogP contribution in [-0.4, -0.2) is 32.3 Å². The van der Waals surface area contributed by atoms with E-state index in [0.29, 0.717) is 5.02 Å². The summed E-state index contributed by atoms with van der Waals surface area (Å²) in [6.07, 6.45) is 0.0836. The zero-order valence-corrected chi connectivity index (χ0v) is 11.8. The standard InChI is InChI=1S/C11H14ClN3O3S/c1-15-10(16)6-9(14-19(13,17)18)11(15)7-2-4-8(12)5-3-7/h2-5,9,11,14H,6H2,1H3,(H2,13,17,18)/t9-,11+/m1/s1. The fourth-order valence-electron chi connectivity index (χ4n) is 2.30. The maximum Gasteiger partial charge on any atom is 0.274 e. The molecule has 1 aliphatic heterocycles. The van der Waals surface area contributed by atoms with Gasteiger partial charge >= 0.3 is 0 Å². The van der Waals surface area contributed by atoms with E-state index in [4.69, 9.17) is 16.7 Å². The van der Waals surface area contributed by atoms with Crippen LogP contribution in [0.15, 0.2) is 24.3 Å². The van der Waals surface area contributed by atoms with Gasteiger partial charge in [-0.2, -0.15) is 13.1 Å². The molecule has 0 aromatic heterocycles. The highest BCUT2D eigenvalue weighted by Crippen LogP contribution is 2.32. The smallest absolute Gasteiger partial charge is 0.274 e. The van der Waals surface area contributed by atoms with E-state index in [1.165, 1.54) is 4.90 Å². The molecule has 1 aromatic carbocycles. The molecule has 1 heterocycles. The Morgan fingerprint density at radius 3 is 2.47 bits per heavy atom. The van der Waals surface area contributed by atoms with Crippen molar-refractivity contribution in [2.24, 2.45) is 5.14 Å². The molecule has 19 heavy (non-hydrogen) atoms. The summed E-state index contributed by atoms with van der Waals surface area (Å²) in [5, 5.41) is 5.56. The summed E-state index contributed by atoms with van der Waals surface area (Å²) in [5.74, 6) is -0.138. The van der Waals surface area contributed by atoms with E-state index in [9.17, 15) is 13.2 Å². The lowest BCUT2D eigenvalue weighted by molar-refractivity contribution is -0.127. The van der Waals surface area contributed by atoms with E-state index in [2.05, 4.69) is 4.72 Å². The number of rotatable bonds is 3. The lowest BCUT2D eigenvalue weighted by atomic mass is 10.0. The predicted molar refractivity (Wildman–Crippen MR) is 71.6 cm³/mol. The Bertz CT molecular complexity index is 588. The van der Waals surface area contributed by atoms with Gasteiger partial charge in [0.05, 0.1) is 12.1 Å². The van der Waals surface area contributed by atoms with Gasteiger partial charge in [-0.3, -0.25) is 4.79 Å². The van der Waals surface area contributed by atoms with Crippen molar-refractivity contribution >= 4 is 27.7 Å². The van der Waals surface area contributed by atoms with Gasteiger partial charge in [-0.05, 0) is 17.7 Å². The van der Waals surface area contributed by atoms with Crippen LogP contribution in [0.2, 0.25) is 5.02 Å². The van der Waals surface area contributed by atoms with Crippen LogP contribution >= 0.6 is 11.6 Å². The molecule has 1 amide bonds. The van der Waals surface area contributed by atoms with Gasteiger partial charge < -0.3 is 4.90 Å². The van der Waals surface area contributed by atoms with Gasteiger partial charge in [0.2, 0.25) is 5.91 Å². The molecular formula is C11H14ClN3O3S. The summed E-state index contributed by atoms with van der Waals surface area (Å²) in [6, 6.07) is 5.96. The van der Waals surface area contributed by atoms with E-state index in [1.807, 2.05) is 0 Å². The molecule has 6 nitrogen and oxygen atoms in total. The first-order valence-corrected chi connectivity index (χ1v) is 7.51. The SMILES string of the molecule is CN1C(=O)C[C@@H](NS(N)(=O)=O)[C@@H]1c1ccc(Cl)cc1. The normalized spacial score (nSPS) is 23.9. The summed E-state index contributed by atoms with van der Waals surface area (Å²) < 4.78 is 24.6. The van der Waals surface area contributed by atoms with Crippen LogP contribution in [0.3, 0.4) is 0 Å². The van der Waals surface area contributed by atoms with Gasteiger partial charge in [-0.15, -0.1) is 0 Å². The summed E-state index contributed by atoms with van der Waals surface area (Å²) in [4.78, 5) is 13.3. The average molecular weight is 304 g/mol. The summed E-state index contributed by atoms with van der Waals surface area (Å²) in [5.41, 5.74) is 0.805. The number of halogens is 1. The van der Waals surface area contributed by atoms with Crippen LogP contribution in [0.5, 0.6) is 0 Å². The molecule has 3 N–H and O–H groups in total. The maximum atomic E-state index is 11.7. The largest absolute Gasteiger partial charge is 0.337 e. The number of hydrogen-bond acceptors (Lipinski definition) is 3. The average Bonchev–Trinajstić information content (AvgIpc) is 2.54. The molecule has 1 fully saturated rings. The Morgan fingerprint density at radius 1 is 1.37 bits per heavy atom. The molecule has 0 saturated carbocycles. The molecular weight excluding hydrogens is 290 g/mol. The molecule has 0 unspecified atom stereocenters. The Kier molecular flexibility index (Phi) is 3.82. The number of carbonyl (C=O) groups excluding carboxylic acids is 1. The highest BCUT2D eigenvalue weighted by atomic mass is 35.5. The van der Waals surface area contributed by atoms with Crippen molar-refractivity contribution in [1.82, 2.24) is 9.62 Å². The number of nitrogens with zero attached hydrogens (tertiary/aromatic N) is 1. The number of likely N-dealkylation sites (N-methyl/N-ethyl adjacent to an activating group) is 1. The van der Waals surface area contributed by atoms with E-state index in [-0.39, 0.29) is 18.4 Å². The van der Waals surface area contributed by atoms with Crippen molar-refractivity contribution in [3.05, 3.63) is 34.9 Å². The third-order valence-corrected chi connectivity index (χ3v) is 4.00. The van der Waals surface area contributed by atoms with Crippen molar-refractivity contribution in [3.8, 4) is 0 Å².